The van der Waals surface area contributed by atoms with Crippen LogP contribution < -0.4 is 5.73 Å². The van der Waals surface area contributed by atoms with E-state index in [1.54, 1.807) is 6.07 Å². The molecule has 72 valence electrons. The van der Waals surface area contributed by atoms with Gasteiger partial charge in [-0.05, 0) is 30.9 Å². The molecular formula is C10H13ClFN. The monoisotopic (exact) mass is 201 g/mol. The van der Waals surface area contributed by atoms with Crippen LogP contribution >= 0.6 is 12.4 Å². The summed E-state index contributed by atoms with van der Waals surface area (Å²) in [7, 11) is 0. The van der Waals surface area contributed by atoms with Crippen molar-refractivity contribution < 1.29 is 4.39 Å². The Morgan fingerprint density at radius 2 is 2.15 bits per heavy atom. The summed E-state index contributed by atoms with van der Waals surface area (Å²) in [6, 6.07) is 5.13. The largest absolute Gasteiger partial charge is 0.324 e. The van der Waals surface area contributed by atoms with Crippen molar-refractivity contribution in [2.75, 3.05) is 0 Å². The highest BCUT2D eigenvalue weighted by atomic mass is 35.5. The Kier molecular flexibility index (Phi) is 3.28. The molecular weight excluding hydrogens is 189 g/mol. The van der Waals surface area contributed by atoms with E-state index in [4.69, 9.17) is 5.73 Å². The summed E-state index contributed by atoms with van der Waals surface area (Å²) in [5.74, 6) is -0.139. The minimum Gasteiger partial charge on any atom is -0.324 e. The smallest absolute Gasteiger partial charge is 0.128 e. The second kappa shape index (κ2) is 4.07. The molecule has 0 bridgehead atoms. The number of rotatable bonds is 0. The van der Waals surface area contributed by atoms with Crippen LogP contribution in [-0.2, 0) is 6.42 Å². The Bertz CT molecular complexity index is 301. The summed E-state index contributed by atoms with van der Waals surface area (Å²) in [5.41, 5.74) is 7.64. The molecule has 1 aliphatic carbocycles. The fraction of sp³-hybridized carbons (Fsp3) is 0.400. The van der Waals surface area contributed by atoms with Gasteiger partial charge in [-0.2, -0.15) is 0 Å². The van der Waals surface area contributed by atoms with Gasteiger partial charge in [-0.3, -0.25) is 0 Å². The molecule has 1 atom stereocenters. The molecule has 0 aliphatic heterocycles. The first-order valence-electron chi connectivity index (χ1n) is 4.32. The predicted octanol–water partition coefficient (Wildman–Crippen LogP) is 2.58. The summed E-state index contributed by atoms with van der Waals surface area (Å²) in [6.45, 7) is 0. The molecule has 0 saturated carbocycles. The van der Waals surface area contributed by atoms with Crippen molar-refractivity contribution in [2.24, 2.45) is 5.73 Å². The van der Waals surface area contributed by atoms with Crippen molar-refractivity contribution in [1.82, 2.24) is 0 Å². The van der Waals surface area contributed by atoms with Gasteiger partial charge in [-0.15, -0.1) is 12.4 Å². The van der Waals surface area contributed by atoms with Gasteiger partial charge >= 0.3 is 0 Å². The molecule has 0 fully saturated rings. The van der Waals surface area contributed by atoms with Gasteiger partial charge in [-0.1, -0.05) is 12.1 Å². The van der Waals surface area contributed by atoms with E-state index in [0.717, 1.165) is 30.4 Å². The van der Waals surface area contributed by atoms with Gasteiger partial charge < -0.3 is 5.73 Å². The Morgan fingerprint density at radius 1 is 1.38 bits per heavy atom. The van der Waals surface area contributed by atoms with E-state index in [2.05, 4.69) is 0 Å². The molecule has 0 spiro atoms. The standard InChI is InChI=1S/C10H12FN.ClH/c11-8-5-1-3-7-4-2-6-9(12)10(7)8;/h1,3,5,9H,2,4,6,12H2;1H/t9-;/m1./s1. The maximum Gasteiger partial charge on any atom is 0.128 e. The fourth-order valence-electron chi connectivity index (χ4n) is 1.87. The van der Waals surface area contributed by atoms with Crippen LogP contribution in [0.3, 0.4) is 0 Å². The topological polar surface area (TPSA) is 26.0 Å². The normalized spacial score (nSPS) is 20.3. The molecule has 3 heteroatoms. The lowest BCUT2D eigenvalue weighted by atomic mass is 9.88. The van der Waals surface area contributed by atoms with Crippen LogP contribution in [-0.4, -0.2) is 0 Å². The zero-order valence-electron chi connectivity index (χ0n) is 7.29. The number of hydrogen-bond acceptors (Lipinski definition) is 1. The molecule has 0 amide bonds. The molecule has 0 heterocycles. The molecule has 13 heavy (non-hydrogen) atoms. The quantitative estimate of drug-likeness (QED) is 0.686. The van der Waals surface area contributed by atoms with E-state index in [-0.39, 0.29) is 24.3 Å². The first-order valence-corrected chi connectivity index (χ1v) is 4.32. The molecule has 0 radical (unpaired) electrons. The Labute approximate surface area is 83.5 Å². The van der Waals surface area contributed by atoms with Crippen molar-refractivity contribution in [2.45, 2.75) is 25.3 Å². The average molecular weight is 202 g/mol. The summed E-state index contributed by atoms with van der Waals surface area (Å²) in [5, 5.41) is 0. The summed E-state index contributed by atoms with van der Waals surface area (Å²) >= 11 is 0. The molecule has 2 N–H and O–H groups in total. The van der Waals surface area contributed by atoms with E-state index in [0.29, 0.717) is 0 Å². The third-order valence-electron chi connectivity index (χ3n) is 2.48. The lowest BCUT2D eigenvalue weighted by Gasteiger charge is -2.22. The molecule has 0 aromatic heterocycles. The van der Waals surface area contributed by atoms with E-state index in [1.807, 2.05) is 6.07 Å². The Balaban J connectivity index is 0.000000845. The lowest BCUT2D eigenvalue weighted by Crippen LogP contribution is -2.18. The van der Waals surface area contributed by atoms with Crippen molar-refractivity contribution in [3.8, 4) is 0 Å². The minimum absolute atomic E-state index is 0. The number of halogens is 2. The van der Waals surface area contributed by atoms with Crippen LogP contribution in [0.25, 0.3) is 0 Å². The molecule has 1 aromatic carbocycles. The van der Waals surface area contributed by atoms with Gasteiger partial charge in [0.2, 0.25) is 0 Å². The molecule has 2 rings (SSSR count). The van der Waals surface area contributed by atoms with Crippen LogP contribution in [0.2, 0.25) is 0 Å². The van der Waals surface area contributed by atoms with Crippen LogP contribution in [0.5, 0.6) is 0 Å². The first kappa shape index (κ1) is 10.5. The number of fused-ring (bicyclic) bond motifs is 1. The Hall–Kier alpha value is -0.600. The zero-order valence-corrected chi connectivity index (χ0v) is 8.11. The van der Waals surface area contributed by atoms with Gasteiger partial charge in [0, 0.05) is 11.6 Å². The first-order chi connectivity index (χ1) is 5.79. The van der Waals surface area contributed by atoms with Gasteiger partial charge in [0.15, 0.2) is 0 Å². The van der Waals surface area contributed by atoms with Crippen LogP contribution in [0.15, 0.2) is 18.2 Å². The van der Waals surface area contributed by atoms with Gasteiger partial charge in [-0.25, -0.2) is 4.39 Å². The second-order valence-electron chi connectivity index (χ2n) is 3.31. The maximum atomic E-state index is 13.2. The molecule has 1 aliphatic rings. The minimum atomic E-state index is -0.139. The van der Waals surface area contributed by atoms with Crippen molar-refractivity contribution in [3.63, 3.8) is 0 Å². The van der Waals surface area contributed by atoms with Gasteiger partial charge in [0.05, 0.1) is 0 Å². The number of benzene rings is 1. The van der Waals surface area contributed by atoms with E-state index >= 15 is 0 Å². The average Bonchev–Trinajstić information content (AvgIpc) is 2.04. The highest BCUT2D eigenvalue weighted by molar-refractivity contribution is 5.85. The highest BCUT2D eigenvalue weighted by Gasteiger charge is 2.19. The molecule has 0 unspecified atom stereocenters. The molecule has 1 aromatic rings. The summed E-state index contributed by atoms with van der Waals surface area (Å²) in [4.78, 5) is 0. The van der Waals surface area contributed by atoms with Crippen molar-refractivity contribution >= 4 is 12.4 Å². The fourth-order valence-corrected chi connectivity index (χ4v) is 1.87. The predicted molar refractivity (Wildman–Crippen MR) is 53.5 cm³/mol. The van der Waals surface area contributed by atoms with Crippen LogP contribution in [0.1, 0.15) is 30.0 Å². The molecule has 0 saturated heterocycles. The van der Waals surface area contributed by atoms with Gasteiger partial charge in [0.25, 0.3) is 0 Å². The van der Waals surface area contributed by atoms with Crippen molar-refractivity contribution in [1.29, 1.82) is 0 Å². The highest BCUT2D eigenvalue weighted by Crippen LogP contribution is 2.29. The van der Waals surface area contributed by atoms with E-state index in [9.17, 15) is 4.39 Å². The summed E-state index contributed by atoms with van der Waals surface area (Å²) < 4.78 is 13.2. The zero-order chi connectivity index (χ0) is 8.55. The maximum absolute atomic E-state index is 13.2. The second-order valence-corrected chi connectivity index (χ2v) is 3.31. The third-order valence-corrected chi connectivity index (χ3v) is 2.48. The van der Waals surface area contributed by atoms with E-state index in [1.165, 1.54) is 6.07 Å². The van der Waals surface area contributed by atoms with Crippen molar-refractivity contribution in [3.05, 3.63) is 35.1 Å². The van der Waals surface area contributed by atoms with E-state index < -0.39 is 0 Å². The van der Waals surface area contributed by atoms with Gasteiger partial charge in [0.1, 0.15) is 5.82 Å². The molecule has 1 nitrogen and oxygen atoms in total. The number of aryl methyl sites for hydroxylation is 1. The van der Waals surface area contributed by atoms with Crippen LogP contribution in [0.4, 0.5) is 4.39 Å². The van der Waals surface area contributed by atoms with Crippen LogP contribution in [0, 0.1) is 5.82 Å². The Morgan fingerprint density at radius 3 is 2.85 bits per heavy atom. The lowest BCUT2D eigenvalue weighted by molar-refractivity contribution is 0.518. The number of nitrogens with two attached hydrogens (primary N) is 1. The SMILES string of the molecule is Cl.N[C@@H]1CCCc2cccc(F)c21. The number of hydrogen-bond donors (Lipinski definition) is 1. The summed E-state index contributed by atoms with van der Waals surface area (Å²) in [6.07, 6.45) is 2.96. The third kappa shape index (κ3) is 1.84.